The van der Waals surface area contributed by atoms with Gasteiger partial charge in [0.15, 0.2) is 11.6 Å². The van der Waals surface area contributed by atoms with Crippen LogP contribution in [0.4, 0.5) is 5.82 Å². The highest BCUT2D eigenvalue weighted by molar-refractivity contribution is 5.98. The summed E-state index contributed by atoms with van der Waals surface area (Å²) in [6.07, 6.45) is 7.33. The maximum Gasteiger partial charge on any atom is 0.179 e. The van der Waals surface area contributed by atoms with Gasteiger partial charge in [-0.1, -0.05) is 0 Å². The Morgan fingerprint density at radius 3 is 2.97 bits per heavy atom. The van der Waals surface area contributed by atoms with E-state index in [9.17, 15) is 0 Å². The molecule has 1 aliphatic heterocycles. The van der Waals surface area contributed by atoms with Gasteiger partial charge in [0.1, 0.15) is 11.3 Å². The van der Waals surface area contributed by atoms with Crippen LogP contribution in [0.25, 0.3) is 39.2 Å². The van der Waals surface area contributed by atoms with Gasteiger partial charge in [0.2, 0.25) is 0 Å². The number of pyridine rings is 1. The summed E-state index contributed by atoms with van der Waals surface area (Å²) in [6, 6.07) is 8.38. The minimum Gasteiger partial charge on any atom is -0.377 e. The number of fused-ring (bicyclic) bond motifs is 2. The third-order valence-corrected chi connectivity index (χ3v) is 5.64. The number of imidazole rings is 1. The molecular formula is C21H20N8O. The Morgan fingerprint density at radius 2 is 2.10 bits per heavy atom. The van der Waals surface area contributed by atoms with Gasteiger partial charge in [-0.3, -0.25) is 5.10 Å². The van der Waals surface area contributed by atoms with Crippen molar-refractivity contribution < 1.29 is 4.74 Å². The molecule has 5 aromatic heterocycles. The SMILES string of the molecule is C[C@@H]1COCCN1c1cc(-c2ccnc3[nH]ccc23)c2cnc(-c3ccn[nH]3)n2n1. The molecule has 9 heteroatoms. The van der Waals surface area contributed by atoms with Gasteiger partial charge in [-0.25, -0.2) is 14.5 Å². The largest absolute Gasteiger partial charge is 0.377 e. The summed E-state index contributed by atoms with van der Waals surface area (Å²) in [5, 5.41) is 13.1. The lowest BCUT2D eigenvalue weighted by atomic mass is 10.0. The van der Waals surface area contributed by atoms with Gasteiger partial charge in [-0.05, 0) is 36.8 Å². The van der Waals surface area contributed by atoms with Crippen molar-refractivity contribution in [2.24, 2.45) is 0 Å². The fraction of sp³-hybridized carbons (Fsp3) is 0.238. The quantitative estimate of drug-likeness (QED) is 0.483. The summed E-state index contributed by atoms with van der Waals surface area (Å²) < 4.78 is 7.54. The first kappa shape index (κ1) is 17.2. The van der Waals surface area contributed by atoms with Gasteiger partial charge in [0, 0.05) is 36.1 Å². The number of morpholine rings is 1. The second kappa shape index (κ2) is 6.67. The van der Waals surface area contributed by atoms with Crippen LogP contribution in [-0.4, -0.2) is 60.6 Å². The van der Waals surface area contributed by atoms with Crippen molar-refractivity contribution in [1.29, 1.82) is 0 Å². The Labute approximate surface area is 171 Å². The zero-order chi connectivity index (χ0) is 20.1. The van der Waals surface area contributed by atoms with Gasteiger partial charge in [0.25, 0.3) is 0 Å². The normalized spacial score (nSPS) is 17.2. The van der Waals surface area contributed by atoms with Gasteiger partial charge in [-0.15, -0.1) is 5.10 Å². The van der Waals surface area contributed by atoms with Crippen LogP contribution in [0.1, 0.15) is 6.92 Å². The molecule has 30 heavy (non-hydrogen) atoms. The lowest BCUT2D eigenvalue weighted by Gasteiger charge is -2.34. The van der Waals surface area contributed by atoms with Crippen molar-refractivity contribution in [2.45, 2.75) is 13.0 Å². The van der Waals surface area contributed by atoms with E-state index < -0.39 is 0 Å². The van der Waals surface area contributed by atoms with Crippen LogP contribution in [0.15, 0.2) is 49.1 Å². The monoisotopic (exact) mass is 400 g/mol. The molecule has 1 fully saturated rings. The summed E-state index contributed by atoms with van der Waals surface area (Å²) in [4.78, 5) is 14.6. The van der Waals surface area contributed by atoms with Crippen molar-refractivity contribution in [1.82, 2.24) is 34.8 Å². The summed E-state index contributed by atoms with van der Waals surface area (Å²) in [6.45, 7) is 4.33. The van der Waals surface area contributed by atoms with E-state index in [0.29, 0.717) is 13.2 Å². The average molecular weight is 400 g/mol. The standard InChI is InChI=1S/C21H20N8O/c1-13-12-30-9-8-28(13)19-10-16(14-2-5-22-20-15(14)3-6-23-20)18-11-24-21(29(18)27-19)17-4-7-25-26-17/h2-7,10-11,13H,8-9,12H2,1H3,(H,22,23)(H,25,26)/t13-/m1/s1. The van der Waals surface area contributed by atoms with E-state index in [0.717, 1.165) is 51.6 Å². The zero-order valence-electron chi connectivity index (χ0n) is 16.4. The van der Waals surface area contributed by atoms with Crippen LogP contribution in [0.2, 0.25) is 0 Å². The second-order valence-corrected chi connectivity index (χ2v) is 7.48. The Kier molecular flexibility index (Phi) is 3.81. The van der Waals surface area contributed by atoms with E-state index in [1.165, 1.54) is 0 Å². The number of ether oxygens (including phenoxy) is 1. The summed E-state index contributed by atoms with van der Waals surface area (Å²) >= 11 is 0. The fourth-order valence-electron chi connectivity index (χ4n) is 4.15. The van der Waals surface area contributed by atoms with Gasteiger partial charge in [0.05, 0.1) is 31.0 Å². The van der Waals surface area contributed by atoms with E-state index in [1.54, 1.807) is 6.20 Å². The lowest BCUT2D eigenvalue weighted by Crippen LogP contribution is -2.44. The number of anilines is 1. The molecule has 1 atom stereocenters. The second-order valence-electron chi connectivity index (χ2n) is 7.48. The topological polar surface area (TPSA) is 100 Å². The molecule has 0 radical (unpaired) electrons. The van der Waals surface area contributed by atoms with Crippen LogP contribution < -0.4 is 4.90 Å². The average Bonchev–Trinajstić information content (AvgIpc) is 3.52. The van der Waals surface area contributed by atoms with Gasteiger partial charge in [-0.2, -0.15) is 5.10 Å². The van der Waals surface area contributed by atoms with Crippen LogP contribution in [0.5, 0.6) is 0 Å². The number of hydrogen-bond acceptors (Lipinski definition) is 6. The number of hydrogen-bond donors (Lipinski definition) is 2. The number of aromatic nitrogens is 7. The van der Waals surface area contributed by atoms with Crippen LogP contribution in [0, 0.1) is 0 Å². The molecule has 6 rings (SSSR count). The molecule has 1 saturated heterocycles. The van der Waals surface area contributed by atoms with E-state index in [1.807, 2.05) is 35.2 Å². The van der Waals surface area contributed by atoms with Gasteiger partial charge >= 0.3 is 0 Å². The van der Waals surface area contributed by atoms with E-state index in [2.05, 4.69) is 49.1 Å². The molecular weight excluding hydrogens is 380 g/mol. The summed E-state index contributed by atoms with van der Waals surface area (Å²) in [5.74, 6) is 1.62. The minimum atomic E-state index is 0.236. The molecule has 0 unspecified atom stereocenters. The van der Waals surface area contributed by atoms with E-state index >= 15 is 0 Å². The number of nitrogens with zero attached hydrogens (tertiary/aromatic N) is 6. The molecule has 0 spiro atoms. The third-order valence-electron chi connectivity index (χ3n) is 5.64. The number of nitrogens with one attached hydrogen (secondary N) is 2. The molecule has 150 valence electrons. The van der Waals surface area contributed by atoms with Gasteiger partial charge < -0.3 is 14.6 Å². The minimum absolute atomic E-state index is 0.236. The maximum atomic E-state index is 5.64. The Hall–Kier alpha value is -3.72. The Morgan fingerprint density at radius 1 is 1.13 bits per heavy atom. The maximum absolute atomic E-state index is 5.64. The molecule has 9 nitrogen and oxygen atoms in total. The van der Waals surface area contributed by atoms with Crippen molar-refractivity contribution in [3.8, 4) is 22.6 Å². The summed E-state index contributed by atoms with van der Waals surface area (Å²) in [7, 11) is 0. The smallest absolute Gasteiger partial charge is 0.179 e. The van der Waals surface area contributed by atoms with Crippen molar-refractivity contribution >= 4 is 22.4 Å². The van der Waals surface area contributed by atoms with Crippen LogP contribution >= 0.6 is 0 Å². The van der Waals surface area contributed by atoms with Crippen molar-refractivity contribution in [3.05, 3.63) is 49.1 Å². The molecule has 0 saturated carbocycles. The van der Waals surface area contributed by atoms with Crippen molar-refractivity contribution in [2.75, 3.05) is 24.7 Å². The molecule has 0 amide bonds. The molecule has 0 aromatic carbocycles. The molecule has 2 N–H and O–H groups in total. The van der Waals surface area contributed by atoms with Crippen LogP contribution in [-0.2, 0) is 4.74 Å². The number of rotatable bonds is 3. The molecule has 6 heterocycles. The van der Waals surface area contributed by atoms with Crippen molar-refractivity contribution in [3.63, 3.8) is 0 Å². The number of aromatic amines is 2. The third kappa shape index (κ3) is 2.59. The first-order chi connectivity index (χ1) is 14.8. The van der Waals surface area contributed by atoms with E-state index in [4.69, 9.17) is 9.84 Å². The highest BCUT2D eigenvalue weighted by Gasteiger charge is 2.24. The molecule has 5 aromatic rings. The fourth-order valence-corrected chi connectivity index (χ4v) is 4.15. The highest BCUT2D eigenvalue weighted by Crippen LogP contribution is 2.34. The first-order valence-electron chi connectivity index (χ1n) is 9.95. The molecule has 0 bridgehead atoms. The summed E-state index contributed by atoms with van der Waals surface area (Å²) in [5.41, 5.74) is 4.76. The Bertz CT molecular complexity index is 1340. The Balaban J connectivity index is 1.64. The van der Waals surface area contributed by atoms with Crippen LogP contribution in [0.3, 0.4) is 0 Å². The lowest BCUT2D eigenvalue weighted by molar-refractivity contribution is 0.0984. The number of H-pyrrole nitrogens is 2. The zero-order valence-corrected chi connectivity index (χ0v) is 16.4. The van der Waals surface area contributed by atoms with E-state index in [-0.39, 0.29) is 6.04 Å². The predicted molar refractivity (Wildman–Crippen MR) is 113 cm³/mol. The molecule has 0 aliphatic carbocycles. The first-order valence-corrected chi connectivity index (χ1v) is 9.95. The predicted octanol–water partition coefficient (Wildman–Crippen LogP) is 2.89. The molecule has 1 aliphatic rings. The highest BCUT2D eigenvalue weighted by atomic mass is 16.5.